The number of rotatable bonds is 5. The van der Waals surface area contributed by atoms with Gasteiger partial charge in [-0.05, 0) is 42.7 Å². The van der Waals surface area contributed by atoms with E-state index < -0.39 is 0 Å². The van der Waals surface area contributed by atoms with Crippen LogP contribution in [0.4, 0.5) is 0 Å². The van der Waals surface area contributed by atoms with Gasteiger partial charge in [0.1, 0.15) is 0 Å². The van der Waals surface area contributed by atoms with E-state index in [-0.39, 0.29) is 0 Å². The van der Waals surface area contributed by atoms with Gasteiger partial charge in [-0.3, -0.25) is 5.01 Å². The highest BCUT2D eigenvalue weighted by Crippen LogP contribution is 2.27. The monoisotopic (exact) mass is 388 g/mol. The summed E-state index contributed by atoms with van der Waals surface area (Å²) in [6.07, 6.45) is 6.76. The van der Waals surface area contributed by atoms with Crippen LogP contribution in [0.25, 0.3) is 22.3 Å². The Balaban J connectivity index is 1.82. The SMILES string of the molecule is Cc1cc2nc(-c3cncn3C)cc(/C=N/N3CCOCC3)c2cc1CCC#N. The number of pyridine rings is 1. The van der Waals surface area contributed by atoms with E-state index in [2.05, 4.69) is 41.3 Å². The maximum atomic E-state index is 8.98. The van der Waals surface area contributed by atoms with Crippen molar-refractivity contribution >= 4 is 17.1 Å². The molecular weight excluding hydrogens is 364 g/mol. The van der Waals surface area contributed by atoms with Crippen molar-refractivity contribution in [3.05, 3.63) is 47.4 Å². The number of hydrogen-bond acceptors (Lipinski definition) is 6. The molecule has 0 unspecified atom stereocenters. The molecule has 0 atom stereocenters. The van der Waals surface area contributed by atoms with Crippen LogP contribution in [0, 0.1) is 18.3 Å². The molecule has 1 aliphatic rings. The molecule has 4 rings (SSSR count). The molecule has 29 heavy (non-hydrogen) atoms. The minimum atomic E-state index is 0.504. The second-order valence-electron chi connectivity index (χ2n) is 7.25. The van der Waals surface area contributed by atoms with Crippen molar-refractivity contribution in [3.63, 3.8) is 0 Å². The summed E-state index contributed by atoms with van der Waals surface area (Å²) in [5, 5.41) is 16.7. The van der Waals surface area contributed by atoms with Crippen LogP contribution in [0.2, 0.25) is 0 Å². The van der Waals surface area contributed by atoms with Gasteiger partial charge in [0, 0.05) is 24.4 Å². The number of benzene rings is 1. The minimum absolute atomic E-state index is 0.504. The molecule has 0 saturated carbocycles. The van der Waals surface area contributed by atoms with Crippen LogP contribution in [-0.4, -0.2) is 52.1 Å². The van der Waals surface area contributed by atoms with Crippen molar-refractivity contribution < 1.29 is 4.74 Å². The molecule has 0 aliphatic carbocycles. The lowest BCUT2D eigenvalue weighted by atomic mass is 9.98. The molecular formula is C22H24N6O. The molecule has 0 amide bonds. The van der Waals surface area contributed by atoms with E-state index in [0.717, 1.165) is 52.9 Å². The average molecular weight is 388 g/mol. The van der Waals surface area contributed by atoms with Crippen LogP contribution in [0.15, 0.2) is 35.8 Å². The van der Waals surface area contributed by atoms with Gasteiger partial charge in [0.2, 0.25) is 0 Å². The zero-order chi connectivity index (χ0) is 20.2. The van der Waals surface area contributed by atoms with Crippen LogP contribution < -0.4 is 0 Å². The minimum Gasteiger partial charge on any atom is -0.378 e. The molecule has 1 aromatic carbocycles. The largest absolute Gasteiger partial charge is 0.378 e. The Hall–Kier alpha value is -3.24. The summed E-state index contributed by atoms with van der Waals surface area (Å²) in [7, 11) is 1.96. The molecule has 3 heterocycles. The number of nitrogens with zero attached hydrogens (tertiary/aromatic N) is 6. The van der Waals surface area contributed by atoms with Gasteiger partial charge < -0.3 is 9.30 Å². The second-order valence-corrected chi connectivity index (χ2v) is 7.25. The lowest BCUT2D eigenvalue weighted by Gasteiger charge is -2.23. The van der Waals surface area contributed by atoms with E-state index in [0.29, 0.717) is 19.6 Å². The lowest BCUT2D eigenvalue weighted by molar-refractivity contribution is 0.0397. The fourth-order valence-electron chi connectivity index (χ4n) is 3.56. The van der Waals surface area contributed by atoms with Gasteiger partial charge in [-0.25, -0.2) is 9.97 Å². The summed E-state index contributed by atoms with van der Waals surface area (Å²) in [5.74, 6) is 0. The van der Waals surface area contributed by atoms with Gasteiger partial charge in [-0.15, -0.1) is 0 Å². The molecule has 0 spiro atoms. The van der Waals surface area contributed by atoms with Crippen molar-refractivity contribution in [1.29, 1.82) is 5.26 Å². The second kappa shape index (κ2) is 8.41. The van der Waals surface area contributed by atoms with E-state index in [1.54, 1.807) is 6.33 Å². The van der Waals surface area contributed by atoms with E-state index in [1.165, 1.54) is 5.56 Å². The summed E-state index contributed by atoms with van der Waals surface area (Å²) >= 11 is 0. The fraction of sp³-hybridized carbons (Fsp3) is 0.364. The van der Waals surface area contributed by atoms with Gasteiger partial charge in [0.15, 0.2) is 0 Å². The van der Waals surface area contributed by atoms with E-state index in [1.807, 2.05) is 29.0 Å². The van der Waals surface area contributed by atoms with E-state index in [4.69, 9.17) is 15.0 Å². The molecule has 1 aliphatic heterocycles. The molecule has 148 valence electrons. The highest BCUT2D eigenvalue weighted by Gasteiger charge is 2.13. The molecule has 2 aromatic heterocycles. The third-order valence-corrected chi connectivity index (χ3v) is 5.23. The normalized spacial score (nSPS) is 14.6. The molecule has 7 heteroatoms. The quantitative estimate of drug-likeness (QED) is 0.628. The number of nitriles is 1. The predicted molar refractivity (Wildman–Crippen MR) is 113 cm³/mol. The number of hydrazone groups is 1. The van der Waals surface area contributed by atoms with Crippen LogP contribution in [0.3, 0.4) is 0 Å². The fourth-order valence-corrected chi connectivity index (χ4v) is 3.56. The van der Waals surface area contributed by atoms with E-state index in [9.17, 15) is 0 Å². The standard InChI is InChI=1S/C22H24N6O/c1-16-10-20-19(11-17(16)4-3-5-23)18(13-25-28-6-8-29-9-7-28)12-21(26-20)22-14-24-15-27(22)2/h10-15H,3-4,6-9H2,1-2H3/b25-13+. The molecule has 0 bridgehead atoms. The number of morpholine rings is 1. The maximum Gasteiger partial charge on any atom is 0.0948 e. The Morgan fingerprint density at radius 2 is 2.10 bits per heavy atom. The van der Waals surface area contributed by atoms with Crippen molar-refractivity contribution in [2.24, 2.45) is 12.1 Å². The predicted octanol–water partition coefficient (Wildman–Crippen LogP) is 3.07. The molecule has 3 aromatic rings. The van der Waals surface area contributed by atoms with Crippen molar-refractivity contribution in [1.82, 2.24) is 19.5 Å². The maximum absolute atomic E-state index is 8.98. The Labute approximate surface area is 170 Å². The number of aryl methyl sites for hydroxylation is 3. The number of imidazole rings is 1. The van der Waals surface area contributed by atoms with Crippen LogP contribution in [0.1, 0.15) is 23.1 Å². The van der Waals surface area contributed by atoms with Gasteiger partial charge in [0.25, 0.3) is 0 Å². The zero-order valence-electron chi connectivity index (χ0n) is 16.8. The summed E-state index contributed by atoms with van der Waals surface area (Å²) in [6, 6.07) is 8.56. The first-order chi connectivity index (χ1) is 14.2. The Bertz CT molecular complexity index is 1090. The molecule has 0 N–H and O–H groups in total. The summed E-state index contributed by atoms with van der Waals surface area (Å²) in [5.41, 5.74) is 6.08. The summed E-state index contributed by atoms with van der Waals surface area (Å²) in [4.78, 5) is 9.12. The third kappa shape index (κ3) is 4.13. The van der Waals surface area contributed by atoms with Crippen molar-refractivity contribution in [3.8, 4) is 17.5 Å². The lowest BCUT2D eigenvalue weighted by Crippen LogP contribution is -2.32. The number of aromatic nitrogens is 3. The van der Waals surface area contributed by atoms with Gasteiger partial charge in [-0.2, -0.15) is 10.4 Å². The highest BCUT2D eigenvalue weighted by molar-refractivity contribution is 6.00. The zero-order valence-corrected chi connectivity index (χ0v) is 16.8. The topological polar surface area (TPSA) is 79.3 Å². The van der Waals surface area contributed by atoms with Crippen molar-refractivity contribution in [2.75, 3.05) is 26.3 Å². The Morgan fingerprint density at radius 1 is 1.28 bits per heavy atom. The Morgan fingerprint density at radius 3 is 2.83 bits per heavy atom. The smallest absolute Gasteiger partial charge is 0.0948 e. The van der Waals surface area contributed by atoms with Crippen LogP contribution >= 0.6 is 0 Å². The number of hydrogen-bond donors (Lipinski definition) is 0. The van der Waals surface area contributed by atoms with Gasteiger partial charge >= 0.3 is 0 Å². The van der Waals surface area contributed by atoms with Crippen LogP contribution in [-0.2, 0) is 18.2 Å². The molecule has 1 fully saturated rings. The molecule has 7 nitrogen and oxygen atoms in total. The Kier molecular flexibility index (Phi) is 5.54. The van der Waals surface area contributed by atoms with Crippen molar-refractivity contribution in [2.45, 2.75) is 19.8 Å². The number of ether oxygens (including phenoxy) is 1. The summed E-state index contributed by atoms with van der Waals surface area (Å²) < 4.78 is 7.37. The summed E-state index contributed by atoms with van der Waals surface area (Å²) in [6.45, 7) is 5.06. The highest BCUT2D eigenvalue weighted by atomic mass is 16.5. The average Bonchev–Trinajstić information content (AvgIpc) is 3.17. The van der Waals surface area contributed by atoms with Crippen LogP contribution in [0.5, 0.6) is 0 Å². The van der Waals surface area contributed by atoms with Gasteiger partial charge in [-0.1, -0.05) is 0 Å². The third-order valence-electron chi connectivity index (χ3n) is 5.23. The van der Waals surface area contributed by atoms with Gasteiger partial charge in [0.05, 0.1) is 68.0 Å². The first-order valence-corrected chi connectivity index (χ1v) is 9.80. The first-order valence-electron chi connectivity index (χ1n) is 9.80. The van der Waals surface area contributed by atoms with E-state index >= 15 is 0 Å². The molecule has 0 radical (unpaired) electrons. The molecule has 1 saturated heterocycles. The number of fused-ring (bicyclic) bond motifs is 1. The first kappa shape index (κ1) is 19.1.